The second-order valence-corrected chi connectivity index (χ2v) is 10.1. The summed E-state index contributed by atoms with van der Waals surface area (Å²) in [7, 11) is 0. The van der Waals surface area contributed by atoms with Crippen molar-refractivity contribution < 1.29 is 4.79 Å². The monoisotopic (exact) mass is 376 g/mol. The summed E-state index contributed by atoms with van der Waals surface area (Å²) in [4.78, 5) is 16.4. The molecule has 1 aromatic heterocycles. The van der Waals surface area contributed by atoms with Gasteiger partial charge in [-0.05, 0) is 89.9 Å². The molecule has 0 spiro atoms. The van der Waals surface area contributed by atoms with Crippen molar-refractivity contribution in [1.82, 2.24) is 10.3 Å². The summed E-state index contributed by atoms with van der Waals surface area (Å²) < 4.78 is 0. The van der Waals surface area contributed by atoms with Crippen LogP contribution in [-0.2, 0) is 4.79 Å². The van der Waals surface area contributed by atoms with Crippen molar-refractivity contribution in [2.75, 3.05) is 6.54 Å². The van der Waals surface area contributed by atoms with Crippen LogP contribution in [0, 0.1) is 34.5 Å². The molecule has 6 atom stereocenters. The fourth-order valence-electron chi connectivity index (χ4n) is 7.54. The third kappa shape index (κ3) is 2.47. The van der Waals surface area contributed by atoms with Crippen molar-refractivity contribution in [2.45, 2.75) is 52.9 Å². The van der Waals surface area contributed by atoms with Crippen LogP contribution >= 0.6 is 0 Å². The van der Waals surface area contributed by atoms with Crippen LogP contribution in [0.25, 0.3) is 5.57 Å². The molecular weight excluding hydrogens is 344 g/mol. The Labute approximate surface area is 168 Å². The lowest BCUT2D eigenvalue weighted by Gasteiger charge is -2.58. The highest BCUT2D eigenvalue weighted by Gasteiger charge is 2.58. The molecular formula is C25H32N2O. The van der Waals surface area contributed by atoms with Gasteiger partial charge in [0.1, 0.15) is 0 Å². The Morgan fingerprint density at radius 2 is 1.89 bits per heavy atom. The van der Waals surface area contributed by atoms with Gasteiger partial charge in [-0.25, -0.2) is 0 Å². The predicted octanol–water partition coefficient (Wildman–Crippen LogP) is 5.01. The number of hydrogen-bond donors (Lipinski definition) is 1. The van der Waals surface area contributed by atoms with Crippen LogP contribution in [0.4, 0.5) is 0 Å². The minimum absolute atomic E-state index is 0.118. The number of amides is 1. The third-order valence-electron chi connectivity index (χ3n) is 8.87. The second kappa shape index (κ2) is 6.30. The number of fused-ring (bicyclic) bond motifs is 5. The van der Waals surface area contributed by atoms with Gasteiger partial charge in [0.05, 0.1) is 0 Å². The number of carbonyl (C=O) groups is 1. The van der Waals surface area contributed by atoms with E-state index in [2.05, 4.69) is 49.3 Å². The van der Waals surface area contributed by atoms with Crippen LogP contribution in [0.1, 0.15) is 58.4 Å². The highest BCUT2D eigenvalue weighted by molar-refractivity contribution is 5.89. The zero-order valence-electron chi connectivity index (χ0n) is 17.4. The van der Waals surface area contributed by atoms with E-state index in [1.165, 1.54) is 36.8 Å². The van der Waals surface area contributed by atoms with Gasteiger partial charge in [0, 0.05) is 25.0 Å². The molecule has 4 aliphatic rings. The molecule has 3 nitrogen and oxygen atoms in total. The predicted molar refractivity (Wildman–Crippen MR) is 112 cm³/mol. The van der Waals surface area contributed by atoms with Crippen LogP contribution in [0.2, 0.25) is 0 Å². The van der Waals surface area contributed by atoms with Crippen LogP contribution in [0.15, 0.2) is 42.3 Å². The molecule has 2 heterocycles. The highest BCUT2D eigenvalue weighted by Crippen LogP contribution is 2.66. The maximum absolute atomic E-state index is 12.2. The Balaban J connectivity index is 1.51. The molecule has 5 rings (SSSR count). The summed E-state index contributed by atoms with van der Waals surface area (Å²) in [5, 5.41) is 3.09. The van der Waals surface area contributed by atoms with Gasteiger partial charge in [0.2, 0.25) is 5.91 Å². The first kappa shape index (κ1) is 18.1. The summed E-state index contributed by atoms with van der Waals surface area (Å²) in [6.45, 7) is 8.15. The molecule has 3 aliphatic carbocycles. The molecule has 1 unspecified atom stereocenters. The number of pyridine rings is 1. The summed E-state index contributed by atoms with van der Waals surface area (Å²) >= 11 is 0. The van der Waals surface area contributed by atoms with E-state index in [-0.39, 0.29) is 16.7 Å². The first-order valence-corrected chi connectivity index (χ1v) is 11.0. The summed E-state index contributed by atoms with van der Waals surface area (Å²) in [5.74, 6) is 2.79. The van der Waals surface area contributed by atoms with Gasteiger partial charge in [-0.1, -0.05) is 32.4 Å². The van der Waals surface area contributed by atoms with Crippen molar-refractivity contribution in [3.8, 4) is 0 Å². The molecule has 148 valence electrons. The lowest BCUT2D eigenvalue weighted by atomic mass is 9.46. The van der Waals surface area contributed by atoms with Crippen LogP contribution in [0.5, 0.6) is 0 Å². The zero-order valence-corrected chi connectivity index (χ0v) is 17.4. The van der Waals surface area contributed by atoms with Gasteiger partial charge < -0.3 is 5.32 Å². The summed E-state index contributed by atoms with van der Waals surface area (Å²) in [5.41, 5.74) is 4.78. The number of nitrogens with zero attached hydrogens (tertiary/aromatic N) is 1. The summed E-state index contributed by atoms with van der Waals surface area (Å²) in [6, 6.07) is 4.36. The van der Waals surface area contributed by atoms with Crippen LogP contribution < -0.4 is 5.32 Å². The van der Waals surface area contributed by atoms with E-state index in [1.54, 1.807) is 5.57 Å². The van der Waals surface area contributed by atoms with Gasteiger partial charge in [0.25, 0.3) is 0 Å². The van der Waals surface area contributed by atoms with E-state index in [0.717, 1.165) is 24.8 Å². The molecule has 0 radical (unpaired) electrons. The highest BCUT2D eigenvalue weighted by atomic mass is 16.1. The Morgan fingerprint density at radius 3 is 2.68 bits per heavy atom. The molecule has 0 bridgehead atoms. The van der Waals surface area contributed by atoms with Crippen molar-refractivity contribution in [2.24, 2.45) is 34.5 Å². The molecule has 2 saturated carbocycles. The fourth-order valence-corrected chi connectivity index (χ4v) is 7.54. The first-order valence-electron chi connectivity index (χ1n) is 11.0. The lowest BCUT2D eigenvalue weighted by molar-refractivity contribution is -0.116. The standard InChI is InChI=1S/C25H32N2O/c1-16-14-18-20-5-4-19(17-7-11-26-12-8-17)24(20,2)9-6-21(18)25(3)10-13-27-23(28)15-22(16)25/h4,7-8,11-12,15-16,18,20-21H,5-6,9-10,13-14H2,1-3H3,(H,27,28)/t16?,18-,20-,21-,24+,25+/m0/s1. The van der Waals surface area contributed by atoms with E-state index in [4.69, 9.17) is 0 Å². The average Bonchev–Trinajstić information content (AvgIpc) is 2.94. The fraction of sp³-hybridized carbons (Fsp3) is 0.600. The number of rotatable bonds is 1. The number of nitrogens with one attached hydrogen (secondary N) is 1. The van der Waals surface area contributed by atoms with Gasteiger partial charge in [0.15, 0.2) is 0 Å². The van der Waals surface area contributed by atoms with Gasteiger partial charge in [-0.3, -0.25) is 9.78 Å². The van der Waals surface area contributed by atoms with Crippen molar-refractivity contribution in [3.05, 3.63) is 47.8 Å². The smallest absolute Gasteiger partial charge is 0.243 e. The Kier molecular flexibility index (Phi) is 4.08. The van der Waals surface area contributed by atoms with Gasteiger partial charge in [-0.15, -0.1) is 0 Å². The lowest BCUT2D eigenvalue weighted by Crippen LogP contribution is -2.51. The Morgan fingerprint density at radius 1 is 1.11 bits per heavy atom. The number of allylic oxidation sites excluding steroid dienone is 3. The molecule has 1 aromatic rings. The molecule has 2 fully saturated rings. The maximum Gasteiger partial charge on any atom is 0.243 e. The Hall–Kier alpha value is -1.90. The van der Waals surface area contributed by atoms with Crippen molar-refractivity contribution >= 4 is 11.5 Å². The largest absolute Gasteiger partial charge is 0.353 e. The normalized spacial score (nSPS) is 42.3. The molecule has 1 amide bonds. The quantitative estimate of drug-likeness (QED) is 0.748. The zero-order chi connectivity index (χ0) is 19.5. The van der Waals surface area contributed by atoms with Crippen molar-refractivity contribution in [3.63, 3.8) is 0 Å². The minimum Gasteiger partial charge on any atom is -0.353 e. The van der Waals surface area contributed by atoms with Crippen LogP contribution in [0.3, 0.4) is 0 Å². The first-order chi connectivity index (χ1) is 13.4. The average molecular weight is 377 g/mol. The number of carbonyl (C=O) groups excluding carboxylic acids is 1. The van der Waals surface area contributed by atoms with Crippen LogP contribution in [-0.4, -0.2) is 17.4 Å². The molecule has 1 N–H and O–H groups in total. The molecule has 3 heteroatoms. The topological polar surface area (TPSA) is 42.0 Å². The molecule has 0 saturated heterocycles. The van der Waals surface area contributed by atoms with Gasteiger partial charge >= 0.3 is 0 Å². The van der Waals surface area contributed by atoms with E-state index in [1.807, 2.05) is 18.5 Å². The third-order valence-corrected chi connectivity index (χ3v) is 8.87. The van der Waals surface area contributed by atoms with E-state index in [0.29, 0.717) is 11.8 Å². The van der Waals surface area contributed by atoms with E-state index >= 15 is 0 Å². The Bertz CT molecular complexity index is 857. The SMILES string of the molecule is CC1C[C@@H]2[C@H](CC[C@]3(C)C(c4ccncc4)=CC[C@@H]23)[C@@]2(C)CCNC(=O)C=C12. The second-order valence-electron chi connectivity index (χ2n) is 10.1. The number of hydrogen-bond acceptors (Lipinski definition) is 2. The number of aromatic nitrogens is 1. The molecule has 28 heavy (non-hydrogen) atoms. The van der Waals surface area contributed by atoms with Gasteiger partial charge in [-0.2, -0.15) is 0 Å². The van der Waals surface area contributed by atoms with E-state index in [9.17, 15) is 4.79 Å². The molecule has 0 aromatic carbocycles. The summed E-state index contributed by atoms with van der Waals surface area (Å²) in [6.07, 6.45) is 14.4. The van der Waals surface area contributed by atoms with E-state index < -0.39 is 0 Å². The minimum atomic E-state index is 0.118. The van der Waals surface area contributed by atoms with Crippen molar-refractivity contribution in [1.29, 1.82) is 0 Å². The molecule has 1 aliphatic heterocycles. The maximum atomic E-state index is 12.2.